The van der Waals surface area contributed by atoms with Crippen molar-refractivity contribution in [3.63, 3.8) is 0 Å². The average molecular weight is 411 g/mol. The topological polar surface area (TPSA) is 106 Å². The molecular formula is C22H25N3O5. The second-order valence-electron chi connectivity index (χ2n) is 6.88. The molecule has 1 aliphatic rings. The normalized spacial score (nSPS) is 15.3. The second-order valence-corrected chi connectivity index (χ2v) is 6.88. The third kappa shape index (κ3) is 5.81. The van der Waals surface area contributed by atoms with Crippen LogP contribution in [0.25, 0.3) is 0 Å². The van der Waals surface area contributed by atoms with Gasteiger partial charge in [-0.05, 0) is 42.7 Å². The average Bonchev–Trinajstić information content (AvgIpc) is 3.30. The zero-order valence-electron chi connectivity index (χ0n) is 16.8. The Labute approximate surface area is 174 Å². The van der Waals surface area contributed by atoms with Gasteiger partial charge in [0.15, 0.2) is 0 Å². The van der Waals surface area contributed by atoms with Crippen LogP contribution in [0.4, 0.5) is 5.69 Å². The summed E-state index contributed by atoms with van der Waals surface area (Å²) in [5, 5.41) is 7.88. The van der Waals surface area contributed by atoms with Gasteiger partial charge >= 0.3 is 11.8 Å². The number of benzene rings is 2. The van der Waals surface area contributed by atoms with E-state index in [9.17, 15) is 14.4 Å². The lowest BCUT2D eigenvalue weighted by atomic mass is 10.1. The van der Waals surface area contributed by atoms with Crippen LogP contribution < -0.4 is 20.7 Å². The second kappa shape index (κ2) is 10.4. The van der Waals surface area contributed by atoms with E-state index in [-0.39, 0.29) is 29.8 Å². The quantitative estimate of drug-likeness (QED) is 0.603. The Morgan fingerprint density at radius 2 is 1.90 bits per heavy atom. The number of amides is 3. The Morgan fingerprint density at radius 1 is 1.07 bits per heavy atom. The first-order valence-electron chi connectivity index (χ1n) is 9.77. The van der Waals surface area contributed by atoms with Crippen LogP contribution in [0.3, 0.4) is 0 Å². The molecule has 0 aliphatic carbocycles. The van der Waals surface area contributed by atoms with Gasteiger partial charge < -0.3 is 25.4 Å². The van der Waals surface area contributed by atoms with Gasteiger partial charge in [0.1, 0.15) is 5.75 Å². The molecule has 0 spiro atoms. The van der Waals surface area contributed by atoms with E-state index in [4.69, 9.17) is 9.47 Å². The van der Waals surface area contributed by atoms with Gasteiger partial charge in [-0.2, -0.15) is 0 Å². The van der Waals surface area contributed by atoms with Gasteiger partial charge in [-0.25, -0.2) is 0 Å². The minimum atomic E-state index is -0.832. The molecule has 2 aromatic carbocycles. The highest BCUT2D eigenvalue weighted by Crippen LogP contribution is 2.16. The highest BCUT2D eigenvalue weighted by atomic mass is 16.5. The summed E-state index contributed by atoms with van der Waals surface area (Å²) < 4.78 is 10.6. The van der Waals surface area contributed by atoms with E-state index in [0.717, 1.165) is 18.4 Å². The van der Waals surface area contributed by atoms with Gasteiger partial charge in [-0.15, -0.1) is 0 Å². The van der Waals surface area contributed by atoms with Crippen LogP contribution >= 0.6 is 0 Å². The van der Waals surface area contributed by atoms with E-state index in [1.165, 1.54) is 0 Å². The molecule has 1 aliphatic heterocycles. The van der Waals surface area contributed by atoms with Crippen molar-refractivity contribution in [2.75, 3.05) is 25.6 Å². The zero-order valence-corrected chi connectivity index (χ0v) is 16.8. The monoisotopic (exact) mass is 411 g/mol. The summed E-state index contributed by atoms with van der Waals surface area (Å²) >= 11 is 0. The fourth-order valence-electron chi connectivity index (χ4n) is 3.12. The lowest BCUT2D eigenvalue weighted by Crippen LogP contribution is -2.39. The Bertz CT molecular complexity index is 909. The minimum Gasteiger partial charge on any atom is -0.497 e. The predicted octanol–water partition coefficient (Wildman–Crippen LogP) is 1.86. The van der Waals surface area contributed by atoms with E-state index in [1.807, 2.05) is 24.3 Å². The molecule has 0 saturated carbocycles. The van der Waals surface area contributed by atoms with E-state index in [2.05, 4.69) is 16.0 Å². The molecule has 2 aromatic rings. The lowest BCUT2D eigenvalue weighted by Gasteiger charge is -2.13. The van der Waals surface area contributed by atoms with Crippen molar-refractivity contribution in [2.24, 2.45) is 0 Å². The summed E-state index contributed by atoms with van der Waals surface area (Å²) in [6.45, 7) is 1.25. The van der Waals surface area contributed by atoms with Gasteiger partial charge in [0.05, 0.1) is 24.5 Å². The lowest BCUT2D eigenvalue weighted by molar-refractivity contribution is -0.136. The highest BCUT2D eigenvalue weighted by molar-refractivity contribution is 6.40. The van der Waals surface area contributed by atoms with Gasteiger partial charge in [0.25, 0.3) is 5.91 Å². The smallest absolute Gasteiger partial charge is 0.313 e. The summed E-state index contributed by atoms with van der Waals surface area (Å²) in [7, 11) is 1.58. The van der Waals surface area contributed by atoms with E-state index in [0.29, 0.717) is 18.9 Å². The molecule has 1 saturated heterocycles. The Kier molecular flexibility index (Phi) is 7.40. The maximum atomic E-state index is 12.6. The molecule has 30 heavy (non-hydrogen) atoms. The van der Waals surface area contributed by atoms with Crippen LogP contribution in [-0.4, -0.2) is 44.1 Å². The van der Waals surface area contributed by atoms with E-state index >= 15 is 0 Å². The molecule has 0 radical (unpaired) electrons. The molecule has 0 bridgehead atoms. The third-order valence-electron chi connectivity index (χ3n) is 4.73. The first-order valence-corrected chi connectivity index (χ1v) is 9.77. The van der Waals surface area contributed by atoms with E-state index < -0.39 is 11.8 Å². The van der Waals surface area contributed by atoms with Crippen molar-refractivity contribution in [1.29, 1.82) is 0 Å². The minimum absolute atomic E-state index is 0.0589. The van der Waals surface area contributed by atoms with Gasteiger partial charge in [0, 0.05) is 19.7 Å². The SMILES string of the molecule is COc1cccc(CNC(=O)c2ccccc2NC(=O)C(=O)NC[C@@H]2CCCO2)c1. The molecule has 1 heterocycles. The predicted molar refractivity (Wildman–Crippen MR) is 111 cm³/mol. The molecule has 0 unspecified atom stereocenters. The van der Waals surface area contributed by atoms with Crippen LogP contribution in [0.1, 0.15) is 28.8 Å². The zero-order chi connectivity index (χ0) is 21.3. The first kappa shape index (κ1) is 21.3. The largest absolute Gasteiger partial charge is 0.497 e. The van der Waals surface area contributed by atoms with Crippen molar-refractivity contribution < 1.29 is 23.9 Å². The number of hydrogen-bond acceptors (Lipinski definition) is 5. The molecule has 158 valence electrons. The summed E-state index contributed by atoms with van der Waals surface area (Å²) in [4.78, 5) is 36.9. The number of nitrogens with one attached hydrogen (secondary N) is 3. The fraction of sp³-hybridized carbons (Fsp3) is 0.318. The molecule has 3 N–H and O–H groups in total. The number of para-hydroxylation sites is 1. The number of rotatable bonds is 7. The number of ether oxygens (including phenoxy) is 2. The Morgan fingerprint density at radius 3 is 2.67 bits per heavy atom. The van der Waals surface area contributed by atoms with Crippen LogP contribution in [0.15, 0.2) is 48.5 Å². The van der Waals surface area contributed by atoms with Crippen molar-refractivity contribution in [3.8, 4) is 5.75 Å². The molecule has 0 aromatic heterocycles. The molecule has 1 fully saturated rings. The highest BCUT2D eigenvalue weighted by Gasteiger charge is 2.21. The Balaban J connectivity index is 1.57. The summed E-state index contributed by atoms with van der Waals surface area (Å²) in [6, 6.07) is 13.9. The van der Waals surface area contributed by atoms with Gasteiger partial charge in [-0.3, -0.25) is 14.4 Å². The van der Waals surface area contributed by atoms with Crippen LogP contribution in [0.2, 0.25) is 0 Å². The van der Waals surface area contributed by atoms with Gasteiger partial charge in [0.2, 0.25) is 0 Å². The van der Waals surface area contributed by atoms with Crippen LogP contribution in [0, 0.1) is 0 Å². The number of hydrogen-bond donors (Lipinski definition) is 3. The van der Waals surface area contributed by atoms with Crippen molar-refractivity contribution >= 4 is 23.4 Å². The maximum Gasteiger partial charge on any atom is 0.313 e. The standard InChI is InChI=1S/C22H25N3O5/c1-29-16-7-4-6-15(12-16)13-23-20(26)18-9-2-3-10-19(18)25-22(28)21(27)24-14-17-8-5-11-30-17/h2-4,6-7,9-10,12,17H,5,8,11,13-14H2,1H3,(H,23,26)(H,24,27)(H,25,28)/t17-/m0/s1. The molecule has 8 heteroatoms. The first-order chi connectivity index (χ1) is 14.6. The molecule has 3 amide bonds. The van der Waals surface area contributed by atoms with Crippen LogP contribution in [-0.2, 0) is 20.9 Å². The summed E-state index contributed by atoms with van der Waals surface area (Å²) in [5.41, 5.74) is 1.40. The number of anilines is 1. The third-order valence-corrected chi connectivity index (χ3v) is 4.73. The van der Waals surface area contributed by atoms with Crippen molar-refractivity contribution in [1.82, 2.24) is 10.6 Å². The van der Waals surface area contributed by atoms with Gasteiger partial charge in [-0.1, -0.05) is 24.3 Å². The number of carbonyl (C=O) groups excluding carboxylic acids is 3. The Hall–Kier alpha value is -3.39. The molecule has 3 rings (SSSR count). The maximum absolute atomic E-state index is 12.6. The van der Waals surface area contributed by atoms with Crippen LogP contribution in [0.5, 0.6) is 5.75 Å². The fourth-order valence-corrected chi connectivity index (χ4v) is 3.12. The van der Waals surface area contributed by atoms with Crippen molar-refractivity contribution in [2.45, 2.75) is 25.5 Å². The van der Waals surface area contributed by atoms with Crippen molar-refractivity contribution in [3.05, 3.63) is 59.7 Å². The number of methoxy groups -OCH3 is 1. The van der Waals surface area contributed by atoms with E-state index in [1.54, 1.807) is 31.4 Å². The summed E-state index contributed by atoms with van der Waals surface area (Å²) in [6.07, 6.45) is 1.75. The molecular weight excluding hydrogens is 386 g/mol. The molecule has 1 atom stereocenters. The molecule has 8 nitrogen and oxygen atoms in total. The summed E-state index contributed by atoms with van der Waals surface area (Å²) in [5.74, 6) is -1.27. The number of carbonyl (C=O) groups is 3.